The Balaban J connectivity index is 0.00000242. The van der Waals surface area contributed by atoms with Crippen molar-refractivity contribution in [3.05, 3.63) is 54.2 Å². The van der Waals surface area contributed by atoms with Crippen molar-refractivity contribution in [3.8, 4) is 0 Å². The quantitative estimate of drug-likeness (QED) is 0.889. The molecule has 1 amide bonds. The van der Waals surface area contributed by atoms with Gasteiger partial charge in [0.2, 0.25) is 5.91 Å². The van der Waals surface area contributed by atoms with Crippen LogP contribution in [0.1, 0.15) is 45.7 Å². The molecule has 3 heteroatoms. The van der Waals surface area contributed by atoms with Crippen molar-refractivity contribution < 1.29 is 11.3 Å². The highest BCUT2D eigenvalue weighted by Gasteiger charge is 2.34. The molecule has 3 nitrogen and oxygen atoms in total. The van der Waals surface area contributed by atoms with Gasteiger partial charge in [-0.3, -0.25) is 4.79 Å². The Morgan fingerprint density at radius 3 is 2.81 bits per heavy atom. The maximum Gasteiger partial charge on any atom is 0.227 e. The molecule has 1 aliphatic rings. The molecule has 0 saturated carbocycles. The van der Waals surface area contributed by atoms with Gasteiger partial charge in [0.15, 0.2) is 0 Å². The molecule has 0 spiro atoms. The Morgan fingerprint density at radius 2 is 2.19 bits per heavy atom. The number of aliphatic hydroxyl groups is 1. The monoisotopic (exact) mass is 287 g/mol. The Labute approximate surface area is 127 Å². The van der Waals surface area contributed by atoms with Crippen LogP contribution in [0, 0.1) is 5.92 Å². The smallest absolute Gasteiger partial charge is 0.227 e. The lowest BCUT2D eigenvalue weighted by atomic mass is 9.79. The number of piperidine rings is 1. The first kappa shape index (κ1) is 15.5. The normalized spacial score (nSPS) is 21.6. The SMILES string of the molecule is C=C1CCC(CC(C)(O)c2ccccc2C(=C)C)C(=O)N1.[HH]. The summed E-state index contributed by atoms with van der Waals surface area (Å²) in [6, 6.07) is 7.69. The van der Waals surface area contributed by atoms with Gasteiger partial charge in [0, 0.05) is 13.0 Å². The third kappa shape index (κ3) is 3.42. The van der Waals surface area contributed by atoms with E-state index in [4.69, 9.17) is 0 Å². The Hall–Kier alpha value is -1.87. The predicted octanol–water partition coefficient (Wildman–Crippen LogP) is 3.60. The molecule has 0 aliphatic carbocycles. The molecule has 2 N–H and O–H groups in total. The van der Waals surface area contributed by atoms with Gasteiger partial charge in [0.1, 0.15) is 0 Å². The van der Waals surface area contributed by atoms with Crippen LogP contribution in [0.4, 0.5) is 0 Å². The molecular weight excluding hydrogens is 262 g/mol. The van der Waals surface area contributed by atoms with E-state index in [2.05, 4.69) is 18.5 Å². The molecule has 114 valence electrons. The van der Waals surface area contributed by atoms with Gasteiger partial charge in [-0.2, -0.15) is 0 Å². The van der Waals surface area contributed by atoms with Crippen LogP contribution in [-0.4, -0.2) is 11.0 Å². The minimum Gasteiger partial charge on any atom is -0.385 e. The van der Waals surface area contributed by atoms with Gasteiger partial charge in [-0.05, 0) is 44.2 Å². The van der Waals surface area contributed by atoms with Gasteiger partial charge in [-0.1, -0.05) is 43.0 Å². The molecule has 0 radical (unpaired) electrons. The van der Waals surface area contributed by atoms with E-state index in [1.807, 2.05) is 31.2 Å². The fraction of sp³-hybridized carbons (Fsp3) is 0.389. The largest absolute Gasteiger partial charge is 0.385 e. The highest BCUT2D eigenvalue weighted by Crippen LogP contribution is 2.35. The van der Waals surface area contributed by atoms with E-state index in [0.717, 1.165) is 35.2 Å². The van der Waals surface area contributed by atoms with Gasteiger partial charge in [0.25, 0.3) is 0 Å². The van der Waals surface area contributed by atoms with Crippen LogP contribution < -0.4 is 5.32 Å². The van der Waals surface area contributed by atoms with Gasteiger partial charge < -0.3 is 10.4 Å². The highest BCUT2D eigenvalue weighted by atomic mass is 16.3. The van der Waals surface area contributed by atoms with Gasteiger partial charge in [0.05, 0.1) is 5.60 Å². The molecule has 1 fully saturated rings. The van der Waals surface area contributed by atoms with Crippen molar-refractivity contribution >= 4 is 11.5 Å². The van der Waals surface area contributed by atoms with E-state index in [0.29, 0.717) is 6.42 Å². The molecule has 2 atom stereocenters. The topological polar surface area (TPSA) is 49.3 Å². The van der Waals surface area contributed by atoms with Crippen molar-refractivity contribution in [2.75, 3.05) is 0 Å². The summed E-state index contributed by atoms with van der Waals surface area (Å²) in [5, 5.41) is 13.7. The van der Waals surface area contributed by atoms with E-state index < -0.39 is 5.60 Å². The van der Waals surface area contributed by atoms with Gasteiger partial charge in [-0.15, -0.1) is 0 Å². The average molecular weight is 287 g/mol. The number of benzene rings is 1. The minimum atomic E-state index is -1.06. The molecule has 1 heterocycles. The molecular formula is C18H25NO2. The molecule has 2 unspecified atom stereocenters. The summed E-state index contributed by atoms with van der Waals surface area (Å²) in [6.07, 6.45) is 1.90. The number of allylic oxidation sites excluding steroid dienone is 2. The van der Waals surface area contributed by atoms with E-state index in [1.165, 1.54) is 0 Å². The van der Waals surface area contributed by atoms with Crippen LogP contribution in [0.2, 0.25) is 0 Å². The molecule has 0 bridgehead atoms. The highest BCUT2D eigenvalue weighted by molar-refractivity contribution is 5.81. The number of carbonyl (C=O) groups excluding carboxylic acids is 1. The van der Waals surface area contributed by atoms with Crippen LogP contribution in [0.15, 0.2) is 43.1 Å². The third-order valence-electron chi connectivity index (χ3n) is 4.08. The van der Waals surface area contributed by atoms with Crippen molar-refractivity contribution in [1.82, 2.24) is 5.32 Å². The van der Waals surface area contributed by atoms with Crippen molar-refractivity contribution in [2.24, 2.45) is 5.92 Å². The number of amides is 1. The average Bonchev–Trinajstić information content (AvgIpc) is 2.42. The first-order valence-corrected chi connectivity index (χ1v) is 7.27. The predicted molar refractivity (Wildman–Crippen MR) is 87.5 cm³/mol. The first-order valence-electron chi connectivity index (χ1n) is 7.27. The van der Waals surface area contributed by atoms with Crippen molar-refractivity contribution in [2.45, 2.75) is 38.7 Å². The number of carbonyl (C=O) groups is 1. The number of hydrogen-bond acceptors (Lipinski definition) is 2. The molecule has 1 aromatic carbocycles. The molecule has 0 aromatic heterocycles. The molecule has 1 saturated heterocycles. The van der Waals surface area contributed by atoms with Crippen LogP contribution in [-0.2, 0) is 10.4 Å². The van der Waals surface area contributed by atoms with Crippen LogP contribution in [0.5, 0.6) is 0 Å². The van der Waals surface area contributed by atoms with Crippen LogP contribution >= 0.6 is 0 Å². The summed E-state index contributed by atoms with van der Waals surface area (Å²) >= 11 is 0. The van der Waals surface area contributed by atoms with E-state index in [1.54, 1.807) is 6.92 Å². The summed E-state index contributed by atoms with van der Waals surface area (Å²) in [5.41, 5.74) is 2.39. The second kappa shape index (κ2) is 5.86. The van der Waals surface area contributed by atoms with Crippen molar-refractivity contribution in [3.63, 3.8) is 0 Å². The second-order valence-corrected chi connectivity index (χ2v) is 6.13. The summed E-state index contributed by atoms with van der Waals surface area (Å²) in [6.45, 7) is 11.4. The van der Waals surface area contributed by atoms with Crippen LogP contribution in [0.3, 0.4) is 0 Å². The lowest BCUT2D eigenvalue weighted by Crippen LogP contribution is -2.39. The lowest BCUT2D eigenvalue weighted by molar-refractivity contribution is -0.128. The van der Waals surface area contributed by atoms with E-state index in [-0.39, 0.29) is 13.3 Å². The minimum absolute atomic E-state index is 0. The fourth-order valence-corrected chi connectivity index (χ4v) is 2.93. The number of nitrogens with one attached hydrogen (secondary N) is 1. The Bertz CT molecular complexity index is 593. The standard InChI is InChI=1S/C18H23NO2.H2/c1-12(2)15-7-5-6-8-16(15)18(4,21)11-14-10-9-13(3)19-17(14)20;/h5-8,14,21H,1,3,9-11H2,2,4H3,(H,19,20);1H. The lowest BCUT2D eigenvalue weighted by Gasteiger charge is -2.32. The third-order valence-corrected chi connectivity index (χ3v) is 4.08. The number of rotatable bonds is 4. The molecule has 1 aliphatic heterocycles. The summed E-state index contributed by atoms with van der Waals surface area (Å²) in [4.78, 5) is 12.0. The zero-order valence-electron chi connectivity index (χ0n) is 12.8. The Kier molecular flexibility index (Phi) is 4.33. The molecule has 2 rings (SSSR count). The first-order chi connectivity index (χ1) is 9.81. The molecule has 1 aromatic rings. The summed E-state index contributed by atoms with van der Waals surface area (Å²) < 4.78 is 0. The summed E-state index contributed by atoms with van der Waals surface area (Å²) in [5.74, 6) is -0.233. The van der Waals surface area contributed by atoms with E-state index >= 15 is 0 Å². The molecule has 21 heavy (non-hydrogen) atoms. The zero-order valence-corrected chi connectivity index (χ0v) is 12.8. The second-order valence-electron chi connectivity index (χ2n) is 6.13. The fourth-order valence-electron chi connectivity index (χ4n) is 2.93. The van der Waals surface area contributed by atoms with Gasteiger partial charge >= 0.3 is 0 Å². The Morgan fingerprint density at radius 1 is 1.52 bits per heavy atom. The summed E-state index contributed by atoms with van der Waals surface area (Å²) in [7, 11) is 0. The van der Waals surface area contributed by atoms with E-state index in [9.17, 15) is 9.90 Å². The maximum atomic E-state index is 12.0. The van der Waals surface area contributed by atoms with Crippen molar-refractivity contribution in [1.29, 1.82) is 0 Å². The van der Waals surface area contributed by atoms with Gasteiger partial charge in [-0.25, -0.2) is 0 Å². The van der Waals surface area contributed by atoms with Crippen LogP contribution in [0.25, 0.3) is 5.57 Å². The maximum absolute atomic E-state index is 12.0. The zero-order chi connectivity index (χ0) is 15.6. The number of hydrogen-bond donors (Lipinski definition) is 2.